The molecule has 0 bridgehead atoms. The second kappa shape index (κ2) is 2.09. The molecular formula is C6H9NO. The van der Waals surface area contributed by atoms with Crippen LogP contribution >= 0.6 is 0 Å². The van der Waals surface area contributed by atoms with Gasteiger partial charge in [0.15, 0.2) is 5.78 Å². The van der Waals surface area contributed by atoms with Gasteiger partial charge < -0.3 is 5.32 Å². The zero-order chi connectivity index (χ0) is 5.98. The molecule has 0 aromatic rings. The smallest absolute Gasteiger partial charge is 0.160 e. The molecule has 0 aromatic heterocycles. The fourth-order valence-corrected chi connectivity index (χ4v) is 0.657. The van der Waals surface area contributed by atoms with Crippen molar-refractivity contribution in [3.8, 4) is 0 Å². The first-order chi connectivity index (χ1) is 3.84. The Kier molecular flexibility index (Phi) is 1.44. The number of hydrogen-bond donors (Lipinski definition) is 1. The lowest BCUT2D eigenvalue weighted by atomic mass is 9.98. The van der Waals surface area contributed by atoms with Crippen molar-refractivity contribution in [1.29, 1.82) is 0 Å². The summed E-state index contributed by atoms with van der Waals surface area (Å²) in [6.45, 7) is 5.06. The first-order valence-electron chi connectivity index (χ1n) is 2.71. The van der Waals surface area contributed by atoms with Gasteiger partial charge in [-0.15, -0.1) is 0 Å². The molecule has 2 heteroatoms. The molecule has 1 rings (SSSR count). The van der Waals surface area contributed by atoms with Gasteiger partial charge in [-0.1, -0.05) is 6.58 Å². The highest BCUT2D eigenvalue weighted by Gasteiger charge is 2.21. The Labute approximate surface area is 48.6 Å². The zero-order valence-corrected chi connectivity index (χ0v) is 4.68. The van der Waals surface area contributed by atoms with Crippen molar-refractivity contribution in [1.82, 2.24) is 5.32 Å². The summed E-state index contributed by atoms with van der Waals surface area (Å²) in [5.41, 5.74) is 0. The predicted molar refractivity (Wildman–Crippen MR) is 31.6 cm³/mol. The maximum Gasteiger partial charge on any atom is 0.160 e. The number of nitrogens with one attached hydrogen (secondary N) is 1. The van der Waals surface area contributed by atoms with Crippen LogP contribution in [0.15, 0.2) is 12.7 Å². The van der Waals surface area contributed by atoms with E-state index in [0.29, 0.717) is 0 Å². The van der Waals surface area contributed by atoms with Crippen molar-refractivity contribution < 1.29 is 4.79 Å². The number of ketones is 1. The van der Waals surface area contributed by atoms with Crippen LogP contribution in [0.4, 0.5) is 0 Å². The van der Waals surface area contributed by atoms with Gasteiger partial charge in [0, 0.05) is 19.0 Å². The lowest BCUT2D eigenvalue weighted by Gasteiger charge is -2.23. The van der Waals surface area contributed by atoms with Gasteiger partial charge in [0.2, 0.25) is 0 Å². The molecule has 2 nitrogen and oxygen atoms in total. The summed E-state index contributed by atoms with van der Waals surface area (Å²) in [6, 6.07) is 0. The summed E-state index contributed by atoms with van der Waals surface area (Å²) in [7, 11) is 0. The van der Waals surface area contributed by atoms with Crippen LogP contribution in [-0.2, 0) is 4.79 Å². The van der Waals surface area contributed by atoms with Crippen LogP contribution in [0.2, 0.25) is 0 Å². The first kappa shape index (κ1) is 5.51. The van der Waals surface area contributed by atoms with Crippen molar-refractivity contribution in [3.63, 3.8) is 0 Å². The van der Waals surface area contributed by atoms with Crippen LogP contribution in [0.5, 0.6) is 0 Å². The normalized spacial score (nSPS) is 19.5. The standard InChI is InChI=1S/C6H9NO/c1-2-6(8)5-3-7-4-5/h2,5,7H,1,3-4H2. The molecule has 1 saturated heterocycles. The minimum absolute atomic E-state index is 0.170. The maximum absolute atomic E-state index is 10.6. The maximum atomic E-state index is 10.6. The molecule has 0 aliphatic carbocycles. The van der Waals surface area contributed by atoms with Crippen LogP contribution in [0.3, 0.4) is 0 Å². The Hall–Kier alpha value is -0.630. The monoisotopic (exact) mass is 111 g/mol. The molecule has 0 saturated carbocycles. The Morgan fingerprint density at radius 1 is 1.75 bits per heavy atom. The Balaban J connectivity index is 2.34. The number of hydrogen-bond acceptors (Lipinski definition) is 2. The van der Waals surface area contributed by atoms with Gasteiger partial charge >= 0.3 is 0 Å². The third-order valence-corrected chi connectivity index (χ3v) is 1.39. The highest BCUT2D eigenvalue weighted by molar-refractivity contribution is 5.92. The topological polar surface area (TPSA) is 29.1 Å². The molecule has 0 aromatic carbocycles. The van der Waals surface area contributed by atoms with E-state index in [1.165, 1.54) is 6.08 Å². The second-order valence-corrected chi connectivity index (χ2v) is 1.96. The number of carbonyl (C=O) groups excluding carboxylic acids is 1. The van der Waals surface area contributed by atoms with Gasteiger partial charge in [0.25, 0.3) is 0 Å². The van der Waals surface area contributed by atoms with Gasteiger partial charge in [-0.05, 0) is 6.08 Å². The summed E-state index contributed by atoms with van der Waals surface area (Å²) < 4.78 is 0. The van der Waals surface area contributed by atoms with E-state index in [0.717, 1.165) is 13.1 Å². The zero-order valence-electron chi connectivity index (χ0n) is 4.68. The molecule has 0 atom stereocenters. The molecule has 0 amide bonds. The molecular weight excluding hydrogens is 102 g/mol. The number of rotatable bonds is 2. The summed E-state index contributed by atoms with van der Waals surface area (Å²) >= 11 is 0. The van der Waals surface area contributed by atoms with Crippen molar-refractivity contribution >= 4 is 5.78 Å². The second-order valence-electron chi connectivity index (χ2n) is 1.96. The van der Waals surface area contributed by atoms with Crippen LogP contribution in [0.25, 0.3) is 0 Å². The summed E-state index contributed by atoms with van der Waals surface area (Å²) in [6.07, 6.45) is 1.39. The van der Waals surface area contributed by atoms with E-state index in [4.69, 9.17) is 0 Å². The molecule has 44 valence electrons. The average Bonchev–Trinajstić information content (AvgIpc) is 1.62. The molecule has 0 unspecified atom stereocenters. The fraction of sp³-hybridized carbons (Fsp3) is 0.500. The van der Waals surface area contributed by atoms with Crippen LogP contribution in [0, 0.1) is 5.92 Å². The third-order valence-electron chi connectivity index (χ3n) is 1.39. The van der Waals surface area contributed by atoms with E-state index in [1.807, 2.05) is 0 Å². The summed E-state index contributed by atoms with van der Waals surface area (Å²) in [5, 5.41) is 3.01. The van der Waals surface area contributed by atoms with E-state index in [1.54, 1.807) is 0 Å². The van der Waals surface area contributed by atoms with E-state index in [9.17, 15) is 4.79 Å². The fourth-order valence-electron chi connectivity index (χ4n) is 0.657. The van der Waals surface area contributed by atoms with Gasteiger partial charge in [-0.2, -0.15) is 0 Å². The van der Waals surface area contributed by atoms with Crippen molar-refractivity contribution in [3.05, 3.63) is 12.7 Å². The largest absolute Gasteiger partial charge is 0.315 e. The minimum Gasteiger partial charge on any atom is -0.315 e. The number of carbonyl (C=O) groups is 1. The Bertz CT molecular complexity index is 116. The minimum atomic E-state index is 0.170. The van der Waals surface area contributed by atoms with Crippen molar-refractivity contribution in [2.75, 3.05) is 13.1 Å². The van der Waals surface area contributed by atoms with Gasteiger partial charge in [-0.3, -0.25) is 4.79 Å². The predicted octanol–water partition coefficient (Wildman–Crippen LogP) is -0.0391. The van der Waals surface area contributed by atoms with Crippen LogP contribution in [-0.4, -0.2) is 18.9 Å². The lowest BCUT2D eigenvalue weighted by molar-refractivity contribution is -0.119. The molecule has 1 fully saturated rings. The Morgan fingerprint density at radius 2 is 2.38 bits per heavy atom. The van der Waals surface area contributed by atoms with Crippen LogP contribution < -0.4 is 5.32 Å². The highest BCUT2D eigenvalue weighted by atomic mass is 16.1. The van der Waals surface area contributed by atoms with Gasteiger partial charge in [-0.25, -0.2) is 0 Å². The summed E-state index contributed by atoms with van der Waals surface area (Å²) in [5.74, 6) is 0.399. The third kappa shape index (κ3) is 0.793. The van der Waals surface area contributed by atoms with Gasteiger partial charge in [0.1, 0.15) is 0 Å². The van der Waals surface area contributed by atoms with Crippen molar-refractivity contribution in [2.45, 2.75) is 0 Å². The molecule has 0 radical (unpaired) electrons. The molecule has 1 aliphatic rings. The molecule has 1 N–H and O–H groups in total. The van der Waals surface area contributed by atoms with Gasteiger partial charge in [0.05, 0.1) is 0 Å². The van der Waals surface area contributed by atoms with Crippen LogP contribution in [0.1, 0.15) is 0 Å². The molecule has 1 heterocycles. The SMILES string of the molecule is C=CC(=O)C1CNC1. The van der Waals surface area contributed by atoms with E-state index in [-0.39, 0.29) is 11.7 Å². The highest BCUT2D eigenvalue weighted by Crippen LogP contribution is 2.03. The summed E-state index contributed by atoms with van der Waals surface area (Å²) in [4.78, 5) is 10.6. The number of allylic oxidation sites excluding steroid dienone is 1. The van der Waals surface area contributed by atoms with E-state index in [2.05, 4.69) is 11.9 Å². The molecule has 0 spiro atoms. The van der Waals surface area contributed by atoms with Crippen molar-refractivity contribution in [2.24, 2.45) is 5.92 Å². The molecule has 1 aliphatic heterocycles. The Morgan fingerprint density at radius 3 is 2.50 bits per heavy atom. The van der Waals surface area contributed by atoms with E-state index < -0.39 is 0 Å². The van der Waals surface area contributed by atoms with E-state index >= 15 is 0 Å². The quantitative estimate of drug-likeness (QED) is 0.507. The lowest BCUT2D eigenvalue weighted by Crippen LogP contribution is -2.45. The average molecular weight is 111 g/mol. The first-order valence-corrected chi connectivity index (χ1v) is 2.71. The molecule has 8 heavy (non-hydrogen) atoms.